The summed E-state index contributed by atoms with van der Waals surface area (Å²) in [7, 11) is 0. The van der Waals surface area contributed by atoms with Gasteiger partial charge in [-0.1, -0.05) is 23.2 Å². The number of rotatable bonds is 5. The van der Waals surface area contributed by atoms with Gasteiger partial charge in [0.15, 0.2) is 5.11 Å². The van der Waals surface area contributed by atoms with Crippen molar-refractivity contribution in [1.82, 2.24) is 5.43 Å². The van der Waals surface area contributed by atoms with Crippen molar-refractivity contribution in [3.05, 3.63) is 93.7 Å². The van der Waals surface area contributed by atoms with Gasteiger partial charge in [0.05, 0.1) is 16.8 Å². The Kier molecular flexibility index (Phi) is 7.35. The molecular formula is C21H14Cl2FN3O2S. The zero-order valence-electron chi connectivity index (χ0n) is 15.2. The van der Waals surface area contributed by atoms with Crippen LogP contribution in [0.5, 0.6) is 5.75 Å². The minimum atomic E-state index is -0.586. The first-order valence-corrected chi connectivity index (χ1v) is 9.70. The number of ether oxygens (including phenoxy) is 1. The fraction of sp³-hybridized carbons (Fsp3) is 0. The van der Waals surface area contributed by atoms with Crippen LogP contribution in [0.1, 0.15) is 15.9 Å². The van der Waals surface area contributed by atoms with Crippen molar-refractivity contribution in [2.24, 2.45) is 5.10 Å². The molecule has 0 spiro atoms. The normalized spacial score (nSPS) is 10.6. The Morgan fingerprint density at radius 2 is 1.73 bits per heavy atom. The average molecular weight is 462 g/mol. The van der Waals surface area contributed by atoms with Crippen molar-refractivity contribution >= 4 is 58.4 Å². The Morgan fingerprint density at radius 3 is 2.40 bits per heavy atom. The summed E-state index contributed by atoms with van der Waals surface area (Å²) in [6.07, 6.45) is 1.54. The summed E-state index contributed by atoms with van der Waals surface area (Å²) in [5.41, 5.74) is 4.26. The maximum atomic E-state index is 12.9. The third kappa shape index (κ3) is 6.25. The summed E-state index contributed by atoms with van der Waals surface area (Å²) in [6.45, 7) is 0. The predicted molar refractivity (Wildman–Crippen MR) is 121 cm³/mol. The number of esters is 1. The SMILES string of the molecule is O=C(Oc1ccc(/C=N/NC(=S)Nc2ccc(F)cc2)cc1)c1ccc(Cl)cc1Cl. The number of nitrogens with one attached hydrogen (secondary N) is 2. The van der Waals surface area contributed by atoms with Gasteiger partial charge in [-0.25, -0.2) is 9.18 Å². The lowest BCUT2D eigenvalue weighted by Gasteiger charge is -2.07. The highest BCUT2D eigenvalue weighted by Crippen LogP contribution is 2.23. The van der Waals surface area contributed by atoms with E-state index in [1.54, 1.807) is 48.7 Å². The number of hydrogen-bond acceptors (Lipinski definition) is 4. The highest BCUT2D eigenvalue weighted by molar-refractivity contribution is 7.80. The van der Waals surface area contributed by atoms with Gasteiger partial charge in [0.25, 0.3) is 0 Å². The average Bonchev–Trinajstić information content (AvgIpc) is 2.71. The van der Waals surface area contributed by atoms with Crippen molar-refractivity contribution in [1.29, 1.82) is 0 Å². The number of anilines is 1. The number of halogens is 3. The molecule has 0 unspecified atom stereocenters. The van der Waals surface area contributed by atoms with Crippen LogP contribution in [0, 0.1) is 5.82 Å². The molecule has 0 radical (unpaired) electrons. The number of benzene rings is 3. The lowest BCUT2D eigenvalue weighted by atomic mass is 10.2. The Bertz CT molecular complexity index is 1090. The number of hydrazone groups is 1. The molecule has 2 N–H and O–H groups in total. The van der Waals surface area contributed by atoms with E-state index in [0.717, 1.165) is 5.56 Å². The lowest BCUT2D eigenvalue weighted by Crippen LogP contribution is -2.23. The van der Waals surface area contributed by atoms with E-state index in [1.807, 2.05) is 0 Å². The van der Waals surface area contributed by atoms with Gasteiger partial charge in [0.1, 0.15) is 11.6 Å². The van der Waals surface area contributed by atoms with Gasteiger partial charge in [-0.2, -0.15) is 5.10 Å². The summed E-state index contributed by atoms with van der Waals surface area (Å²) < 4.78 is 18.2. The van der Waals surface area contributed by atoms with Gasteiger partial charge in [-0.3, -0.25) is 5.43 Å². The second-order valence-corrected chi connectivity index (χ2v) is 7.17. The van der Waals surface area contributed by atoms with Crippen LogP contribution in [0.3, 0.4) is 0 Å². The first-order valence-electron chi connectivity index (χ1n) is 8.53. The first-order chi connectivity index (χ1) is 14.4. The molecule has 30 heavy (non-hydrogen) atoms. The molecule has 0 amide bonds. The molecule has 152 valence electrons. The number of carbonyl (C=O) groups is 1. The highest BCUT2D eigenvalue weighted by Gasteiger charge is 2.13. The van der Waals surface area contributed by atoms with Crippen molar-refractivity contribution in [3.8, 4) is 5.75 Å². The summed E-state index contributed by atoms with van der Waals surface area (Å²) in [6, 6.07) is 17.0. The number of carbonyl (C=O) groups excluding carboxylic acids is 1. The zero-order chi connectivity index (χ0) is 21.5. The van der Waals surface area contributed by atoms with Gasteiger partial charge in [0.2, 0.25) is 0 Å². The molecule has 3 aromatic carbocycles. The van der Waals surface area contributed by atoms with Crippen LogP contribution in [0.4, 0.5) is 10.1 Å². The largest absolute Gasteiger partial charge is 0.423 e. The molecule has 0 saturated heterocycles. The molecule has 0 atom stereocenters. The van der Waals surface area contributed by atoms with E-state index in [9.17, 15) is 9.18 Å². The van der Waals surface area contributed by atoms with Crippen LogP contribution in [0.2, 0.25) is 10.0 Å². The molecular weight excluding hydrogens is 448 g/mol. The minimum absolute atomic E-state index is 0.215. The summed E-state index contributed by atoms with van der Waals surface area (Å²) in [5.74, 6) is -0.565. The highest BCUT2D eigenvalue weighted by atomic mass is 35.5. The Hall–Kier alpha value is -3.00. The molecule has 5 nitrogen and oxygen atoms in total. The molecule has 0 bridgehead atoms. The molecule has 0 aliphatic rings. The summed E-state index contributed by atoms with van der Waals surface area (Å²) in [5, 5.41) is 7.80. The van der Waals surface area contributed by atoms with Gasteiger partial charge in [-0.15, -0.1) is 0 Å². The smallest absolute Gasteiger partial charge is 0.345 e. The molecule has 3 rings (SSSR count). The monoisotopic (exact) mass is 461 g/mol. The fourth-order valence-corrected chi connectivity index (χ4v) is 2.95. The molecule has 0 aromatic heterocycles. The van der Waals surface area contributed by atoms with E-state index in [0.29, 0.717) is 16.5 Å². The molecule has 3 aromatic rings. The topological polar surface area (TPSA) is 62.7 Å². The molecule has 0 aliphatic carbocycles. The molecule has 9 heteroatoms. The molecule has 0 saturated carbocycles. The standard InChI is InChI=1S/C21H14Cl2FN3O2S/c22-14-3-10-18(19(23)11-14)20(28)29-17-8-1-13(2-9-17)12-25-27-21(30)26-16-6-4-15(24)5-7-16/h1-12H,(H2,26,27,30)/b25-12+. The van der Waals surface area contributed by atoms with Gasteiger partial charge >= 0.3 is 5.97 Å². The minimum Gasteiger partial charge on any atom is -0.423 e. The third-order valence-electron chi connectivity index (χ3n) is 3.72. The van der Waals surface area contributed by atoms with Crippen LogP contribution < -0.4 is 15.5 Å². The van der Waals surface area contributed by atoms with E-state index < -0.39 is 5.97 Å². The Balaban J connectivity index is 1.53. The summed E-state index contributed by atoms with van der Waals surface area (Å²) in [4.78, 5) is 12.2. The Morgan fingerprint density at radius 1 is 1.03 bits per heavy atom. The predicted octanol–water partition coefficient (Wildman–Crippen LogP) is 5.67. The number of hydrogen-bond donors (Lipinski definition) is 2. The maximum absolute atomic E-state index is 12.9. The van der Waals surface area contributed by atoms with Crippen molar-refractivity contribution in [3.63, 3.8) is 0 Å². The first kappa shape index (κ1) is 21.7. The molecule has 0 fully saturated rings. The van der Waals surface area contributed by atoms with Gasteiger partial charge < -0.3 is 10.1 Å². The van der Waals surface area contributed by atoms with E-state index in [4.69, 9.17) is 40.2 Å². The number of thiocarbonyl (C=S) groups is 1. The number of nitrogens with zero attached hydrogens (tertiary/aromatic N) is 1. The van der Waals surface area contributed by atoms with Crippen LogP contribution in [-0.4, -0.2) is 17.3 Å². The maximum Gasteiger partial charge on any atom is 0.345 e. The van der Waals surface area contributed by atoms with E-state index in [2.05, 4.69) is 15.8 Å². The fourth-order valence-electron chi connectivity index (χ4n) is 2.30. The van der Waals surface area contributed by atoms with Crippen LogP contribution in [0.15, 0.2) is 71.8 Å². The van der Waals surface area contributed by atoms with Crippen LogP contribution in [-0.2, 0) is 0 Å². The Labute approximate surface area is 187 Å². The van der Waals surface area contributed by atoms with E-state index in [1.165, 1.54) is 24.3 Å². The lowest BCUT2D eigenvalue weighted by molar-refractivity contribution is 0.0735. The van der Waals surface area contributed by atoms with Gasteiger partial charge in [-0.05, 0) is 84.5 Å². The third-order valence-corrected chi connectivity index (χ3v) is 4.46. The molecule has 0 heterocycles. The van der Waals surface area contributed by atoms with Crippen molar-refractivity contribution in [2.45, 2.75) is 0 Å². The van der Waals surface area contributed by atoms with Gasteiger partial charge in [0, 0.05) is 10.7 Å². The second kappa shape index (κ2) is 10.2. The van der Waals surface area contributed by atoms with E-state index >= 15 is 0 Å². The van der Waals surface area contributed by atoms with Crippen molar-refractivity contribution in [2.75, 3.05) is 5.32 Å². The van der Waals surface area contributed by atoms with Crippen LogP contribution >= 0.6 is 35.4 Å². The second-order valence-electron chi connectivity index (χ2n) is 5.91. The zero-order valence-corrected chi connectivity index (χ0v) is 17.6. The van der Waals surface area contributed by atoms with Crippen molar-refractivity contribution < 1.29 is 13.9 Å². The molecule has 0 aliphatic heterocycles. The van der Waals surface area contributed by atoms with Crippen LogP contribution in [0.25, 0.3) is 0 Å². The van der Waals surface area contributed by atoms with E-state index in [-0.39, 0.29) is 21.5 Å². The quantitative estimate of drug-likeness (QED) is 0.168. The summed E-state index contributed by atoms with van der Waals surface area (Å²) >= 11 is 17.0.